The first kappa shape index (κ1) is 14.6. The van der Waals surface area contributed by atoms with Gasteiger partial charge in [-0.25, -0.2) is 9.36 Å². The van der Waals surface area contributed by atoms with Crippen molar-refractivity contribution in [1.82, 2.24) is 9.55 Å². The van der Waals surface area contributed by atoms with Gasteiger partial charge in [0.2, 0.25) is 5.95 Å². The summed E-state index contributed by atoms with van der Waals surface area (Å²) in [6, 6.07) is 0. The molecule has 8 nitrogen and oxygen atoms in total. The maximum atomic E-state index is 13.2. The maximum absolute atomic E-state index is 13.2. The highest BCUT2D eigenvalue weighted by Gasteiger charge is 2.44. The Balaban J connectivity index is 2.53. The molecule has 1 fully saturated rings. The van der Waals surface area contributed by atoms with Crippen LogP contribution < -0.4 is 11.2 Å². The van der Waals surface area contributed by atoms with Crippen molar-refractivity contribution in [1.29, 1.82) is 0 Å². The van der Waals surface area contributed by atoms with Gasteiger partial charge in [0.25, 0.3) is 5.56 Å². The summed E-state index contributed by atoms with van der Waals surface area (Å²) < 4.78 is 18.3. The molecule has 0 amide bonds. The fourth-order valence-corrected chi connectivity index (χ4v) is 2.22. The Morgan fingerprint density at radius 2 is 2.00 bits per heavy atom. The molecule has 1 aromatic heterocycles. The number of H-pyrrole nitrogens is 1. The van der Waals surface area contributed by atoms with E-state index >= 15 is 0 Å². The third kappa shape index (κ3) is 2.33. The van der Waals surface area contributed by atoms with E-state index < -0.39 is 48.3 Å². The van der Waals surface area contributed by atoms with E-state index in [1.807, 2.05) is 0 Å². The van der Waals surface area contributed by atoms with Crippen molar-refractivity contribution in [2.45, 2.75) is 24.5 Å². The van der Waals surface area contributed by atoms with Gasteiger partial charge in [-0.2, -0.15) is 4.39 Å². The lowest BCUT2D eigenvalue weighted by Gasteiger charge is -2.16. The zero-order valence-electron chi connectivity index (χ0n) is 9.29. The van der Waals surface area contributed by atoms with Crippen LogP contribution in [0.15, 0.2) is 9.59 Å². The second-order valence-corrected chi connectivity index (χ2v) is 5.04. The molecule has 1 aromatic rings. The van der Waals surface area contributed by atoms with E-state index in [0.29, 0.717) is 4.57 Å². The Kier molecular flexibility index (Phi) is 4.06. The molecule has 1 saturated heterocycles. The molecular formula is C9H10FIN2O6. The SMILES string of the molecule is O=c1[nH]c(F)c(I)c(=O)n1C1O[C@H](CO)[C@@H](O)[C@@H]1O. The van der Waals surface area contributed by atoms with Crippen LogP contribution in [0, 0.1) is 9.52 Å². The fourth-order valence-electron chi connectivity index (χ4n) is 1.83. The molecule has 0 aromatic carbocycles. The van der Waals surface area contributed by atoms with Crippen LogP contribution in [-0.4, -0.2) is 49.8 Å². The number of ether oxygens (including phenoxy) is 1. The molecule has 1 aliphatic heterocycles. The van der Waals surface area contributed by atoms with Gasteiger partial charge in [0, 0.05) is 0 Å². The van der Waals surface area contributed by atoms with Crippen molar-refractivity contribution in [3.8, 4) is 0 Å². The molecule has 2 heterocycles. The minimum Gasteiger partial charge on any atom is -0.394 e. The minimum absolute atomic E-state index is 0.380. The van der Waals surface area contributed by atoms with E-state index in [0.717, 1.165) is 0 Å². The van der Waals surface area contributed by atoms with Crippen LogP contribution in [0.5, 0.6) is 0 Å². The first-order valence-electron chi connectivity index (χ1n) is 5.20. The number of nitrogens with zero attached hydrogens (tertiary/aromatic N) is 1. The molecule has 4 N–H and O–H groups in total. The maximum Gasteiger partial charge on any atom is 0.332 e. The smallest absolute Gasteiger partial charge is 0.332 e. The molecule has 106 valence electrons. The monoisotopic (exact) mass is 388 g/mol. The number of hydrogen-bond donors (Lipinski definition) is 4. The van der Waals surface area contributed by atoms with Crippen molar-refractivity contribution >= 4 is 22.6 Å². The third-order valence-corrected chi connectivity index (χ3v) is 3.74. The number of aliphatic hydroxyl groups is 3. The van der Waals surface area contributed by atoms with E-state index in [9.17, 15) is 24.2 Å². The molecule has 2 rings (SSSR count). The Morgan fingerprint density at radius 3 is 2.53 bits per heavy atom. The van der Waals surface area contributed by atoms with E-state index in [4.69, 9.17) is 9.84 Å². The minimum atomic E-state index is -1.59. The zero-order chi connectivity index (χ0) is 14.3. The van der Waals surface area contributed by atoms with Crippen LogP contribution in [-0.2, 0) is 4.74 Å². The van der Waals surface area contributed by atoms with Crippen LogP contribution in [0.2, 0.25) is 0 Å². The second kappa shape index (κ2) is 5.28. The lowest BCUT2D eigenvalue weighted by Crippen LogP contribution is -2.44. The van der Waals surface area contributed by atoms with Gasteiger partial charge in [-0.05, 0) is 22.6 Å². The highest BCUT2D eigenvalue weighted by molar-refractivity contribution is 14.1. The van der Waals surface area contributed by atoms with Crippen LogP contribution in [0.3, 0.4) is 0 Å². The van der Waals surface area contributed by atoms with E-state index in [1.165, 1.54) is 22.6 Å². The lowest BCUT2D eigenvalue weighted by molar-refractivity contribution is -0.0568. The summed E-state index contributed by atoms with van der Waals surface area (Å²) >= 11 is 1.40. The predicted molar refractivity (Wildman–Crippen MR) is 67.0 cm³/mol. The van der Waals surface area contributed by atoms with Crippen molar-refractivity contribution in [3.05, 3.63) is 30.4 Å². The topological polar surface area (TPSA) is 125 Å². The summed E-state index contributed by atoms with van der Waals surface area (Å²) in [5.41, 5.74) is -2.10. The second-order valence-electron chi connectivity index (χ2n) is 3.96. The molecule has 0 aliphatic carbocycles. The van der Waals surface area contributed by atoms with Crippen molar-refractivity contribution in [2.24, 2.45) is 0 Å². The van der Waals surface area contributed by atoms with Gasteiger partial charge < -0.3 is 20.1 Å². The van der Waals surface area contributed by atoms with Crippen LogP contribution >= 0.6 is 22.6 Å². The van der Waals surface area contributed by atoms with Crippen molar-refractivity contribution < 1.29 is 24.4 Å². The van der Waals surface area contributed by atoms with E-state index in [2.05, 4.69) is 0 Å². The molecule has 1 aliphatic rings. The largest absolute Gasteiger partial charge is 0.394 e. The third-order valence-electron chi connectivity index (χ3n) is 2.81. The number of hydrogen-bond acceptors (Lipinski definition) is 6. The molecule has 19 heavy (non-hydrogen) atoms. The van der Waals surface area contributed by atoms with Gasteiger partial charge in [0.05, 0.1) is 6.61 Å². The first-order valence-corrected chi connectivity index (χ1v) is 6.28. The van der Waals surface area contributed by atoms with Gasteiger partial charge in [0.15, 0.2) is 6.23 Å². The summed E-state index contributed by atoms with van der Waals surface area (Å²) in [5, 5.41) is 28.2. The zero-order valence-corrected chi connectivity index (χ0v) is 11.4. The van der Waals surface area contributed by atoms with Gasteiger partial charge in [0.1, 0.15) is 21.9 Å². The highest BCUT2D eigenvalue weighted by atomic mass is 127. The number of aromatic nitrogens is 2. The normalized spacial score (nSPS) is 30.8. The van der Waals surface area contributed by atoms with Crippen LogP contribution in [0.4, 0.5) is 4.39 Å². The van der Waals surface area contributed by atoms with E-state index in [-0.39, 0.29) is 3.57 Å². The highest BCUT2D eigenvalue weighted by Crippen LogP contribution is 2.27. The number of rotatable bonds is 2. The van der Waals surface area contributed by atoms with E-state index in [1.54, 1.807) is 4.98 Å². The molecule has 10 heteroatoms. The molecule has 0 radical (unpaired) electrons. The summed E-state index contributed by atoms with van der Waals surface area (Å²) in [5.74, 6) is -1.08. The van der Waals surface area contributed by atoms with Gasteiger partial charge in [-0.1, -0.05) is 0 Å². The van der Waals surface area contributed by atoms with Crippen molar-refractivity contribution in [3.63, 3.8) is 0 Å². The number of halogens is 2. The Labute approximate surface area is 118 Å². The number of aromatic amines is 1. The molecular weight excluding hydrogens is 378 g/mol. The Morgan fingerprint density at radius 1 is 1.37 bits per heavy atom. The Bertz CT molecular complexity index is 601. The summed E-state index contributed by atoms with van der Waals surface area (Å²) in [7, 11) is 0. The molecule has 4 atom stereocenters. The predicted octanol–water partition coefficient (Wildman–Crippen LogP) is -2.11. The van der Waals surface area contributed by atoms with Gasteiger partial charge >= 0.3 is 5.69 Å². The van der Waals surface area contributed by atoms with Crippen LogP contribution in [0.1, 0.15) is 6.23 Å². The first-order chi connectivity index (χ1) is 8.88. The fraction of sp³-hybridized carbons (Fsp3) is 0.556. The molecule has 1 unspecified atom stereocenters. The number of nitrogens with one attached hydrogen (secondary N) is 1. The molecule has 0 saturated carbocycles. The quantitative estimate of drug-likeness (QED) is 0.340. The average Bonchev–Trinajstić information content (AvgIpc) is 2.64. The summed E-state index contributed by atoms with van der Waals surface area (Å²) in [6.07, 6.45) is -5.66. The van der Waals surface area contributed by atoms with Crippen molar-refractivity contribution in [2.75, 3.05) is 6.61 Å². The standard InChI is InChI=1S/C9H10FIN2O6/c10-6-3(11)7(17)13(9(18)12-6)8-5(16)4(15)2(1-14)19-8/h2,4-5,8,14-16H,1H2,(H,12,18)/t2-,4-,5+,8?/m1/s1. The average molecular weight is 388 g/mol. The Hall–Kier alpha value is -0.820. The number of aliphatic hydroxyl groups excluding tert-OH is 3. The molecule has 0 bridgehead atoms. The van der Waals surface area contributed by atoms with Crippen LogP contribution in [0.25, 0.3) is 0 Å². The van der Waals surface area contributed by atoms with Gasteiger partial charge in [-0.3, -0.25) is 9.78 Å². The molecule has 0 spiro atoms. The van der Waals surface area contributed by atoms with Gasteiger partial charge in [-0.15, -0.1) is 0 Å². The summed E-state index contributed by atoms with van der Waals surface area (Å²) in [4.78, 5) is 25.2. The summed E-state index contributed by atoms with van der Waals surface area (Å²) in [6.45, 7) is -0.598. The lowest BCUT2D eigenvalue weighted by atomic mass is 10.1.